The highest BCUT2D eigenvalue weighted by Crippen LogP contribution is 2.39. The van der Waals surface area contributed by atoms with E-state index in [1.807, 2.05) is 44.2 Å². The fraction of sp³-hybridized carbons (Fsp3) is 0.333. The van der Waals surface area contributed by atoms with Gasteiger partial charge in [-0.1, -0.05) is 24.3 Å². The molecule has 0 spiro atoms. The van der Waals surface area contributed by atoms with E-state index in [4.69, 9.17) is 9.47 Å². The molecule has 0 radical (unpaired) electrons. The van der Waals surface area contributed by atoms with E-state index >= 15 is 0 Å². The van der Waals surface area contributed by atoms with Gasteiger partial charge in [0.15, 0.2) is 0 Å². The summed E-state index contributed by atoms with van der Waals surface area (Å²) in [7, 11) is -3.68. The monoisotopic (exact) mass is 385 g/mol. The van der Waals surface area contributed by atoms with Crippen LogP contribution >= 0.6 is 0 Å². The number of rotatable bonds is 5. The number of sulfonamides is 1. The van der Waals surface area contributed by atoms with Crippen molar-refractivity contribution in [3.05, 3.63) is 58.0 Å². The highest BCUT2D eigenvalue weighted by molar-refractivity contribution is 7.96. The second-order valence-corrected chi connectivity index (χ2v) is 8.67. The lowest BCUT2D eigenvalue weighted by Crippen LogP contribution is -2.18. The van der Waals surface area contributed by atoms with Gasteiger partial charge in [-0.3, -0.25) is 4.72 Å². The average Bonchev–Trinajstić information content (AvgIpc) is 3.00. The molecule has 6 heteroatoms. The van der Waals surface area contributed by atoms with Crippen LogP contribution in [-0.4, -0.2) is 21.1 Å². The van der Waals surface area contributed by atoms with Crippen molar-refractivity contribution < 1.29 is 17.9 Å². The minimum absolute atomic E-state index is 0.0823. The summed E-state index contributed by atoms with van der Waals surface area (Å²) < 4.78 is 40.2. The first-order valence-electron chi connectivity index (χ1n) is 9.24. The van der Waals surface area contributed by atoms with Gasteiger partial charge in [-0.15, -0.1) is 0 Å². The minimum Gasteiger partial charge on any atom is -0.492 e. The Bertz CT molecular complexity index is 1010. The molecule has 27 heavy (non-hydrogen) atoms. The number of fused-ring (bicyclic) bond motifs is 2. The Morgan fingerprint density at radius 3 is 2.81 bits per heavy atom. The van der Waals surface area contributed by atoms with E-state index in [-0.39, 0.29) is 6.10 Å². The van der Waals surface area contributed by atoms with E-state index in [0.717, 1.165) is 17.5 Å². The third-order valence-electron chi connectivity index (χ3n) is 4.90. The first-order valence-corrected chi connectivity index (χ1v) is 10.7. The zero-order chi connectivity index (χ0) is 19.0. The maximum atomic E-state index is 13.0. The first-order chi connectivity index (χ1) is 13.0. The summed E-state index contributed by atoms with van der Waals surface area (Å²) in [5.41, 5.74) is 3.59. The molecule has 0 bridgehead atoms. The number of nitrogens with one attached hydrogen (secondary N) is 1. The number of allylic oxidation sites excluding steroid dienone is 1. The maximum absolute atomic E-state index is 13.0. The van der Waals surface area contributed by atoms with Crippen LogP contribution in [0.4, 0.5) is 5.69 Å². The molecule has 0 saturated heterocycles. The molecular weight excluding hydrogens is 362 g/mol. The number of hydrogen-bond acceptors (Lipinski definition) is 4. The van der Waals surface area contributed by atoms with E-state index < -0.39 is 10.0 Å². The molecule has 1 unspecified atom stereocenters. The molecule has 0 amide bonds. The van der Waals surface area contributed by atoms with Crippen LogP contribution in [0, 0.1) is 0 Å². The SMILES string of the molecule is CCOc1cc2c(cc1NS(=O)(=O)C1=Cc3ccccc3CC1)OC(C)C2. The number of anilines is 1. The normalized spacial score (nSPS) is 18.1. The maximum Gasteiger partial charge on any atom is 0.258 e. The lowest BCUT2D eigenvalue weighted by molar-refractivity contribution is 0.254. The molecule has 2 aromatic rings. The number of benzene rings is 2. The van der Waals surface area contributed by atoms with Crippen LogP contribution in [0.3, 0.4) is 0 Å². The number of ether oxygens (including phenoxy) is 2. The Morgan fingerprint density at radius 1 is 1.19 bits per heavy atom. The Balaban J connectivity index is 1.67. The summed E-state index contributed by atoms with van der Waals surface area (Å²) in [6.07, 6.45) is 3.83. The lowest BCUT2D eigenvalue weighted by atomic mass is 9.98. The molecule has 5 nitrogen and oxygen atoms in total. The van der Waals surface area contributed by atoms with Crippen molar-refractivity contribution in [3.8, 4) is 11.5 Å². The predicted molar refractivity (Wildman–Crippen MR) is 107 cm³/mol. The van der Waals surface area contributed by atoms with E-state index in [1.54, 1.807) is 12.1 Å². The van der Waals surface area contributed by atoms with Gasteiger partial charge in [-0.25, -0.2) is 8.42 Å². The van der Waals surface area contributed by atoms with E-state index in [2.05, 4.69) is 4.72 Å². The Morgan fingerprint density at radius 2 is 2.00 bits per heavy atom. The summed E-state index contributed by atoms with van der Waals surface area (Å²) in [5.74, 6) is 1.25. The van der Waals surface area contributed by atoms with Crippen molar-refractivity contribution in [3.63, 3.8) is 0 Å². The smallest absolute Gasteiger partial charge is 0.258 e. The van der Waals surface area contributed by atoms with Crippen molar-refractivity contribution in [1.82, 2.24) is 0 Å². The van der Waals surface area contributed by atoms with Gasteiger partial charge in [0.25, 0.3) is 10.0 Å². The van der Waals surface area contributed by atoms with Crippen LogP contribution in [0.25, 0.3) is 6.08 Å². The minimum atomic E-state index is -3.68. The third-order valence-corrected chi connectivity index (χ3v) is 6.40. The second-order valence-electron chi connectivity index (χ2n) is 6.94. The highest BCUT2D eigenvalue weighted by atomic mass is 32.2. The highest BCUT2D eigenvalue weighted by Gasteiger charge is 2.26. The molecule has 4 rings (SSSR count). The number of hydrogen-bond donors (Lipinski definition) is 1. The number of aryl methyl sites for hydroxylation is 1. The van der Waals surface area contributed by atoms with Crippen LogP contribution in [0.15, 0.2) is 41.3 Å². The summed E-state index contributed by atoms with van der Waals surface area (Å²) in [4.78, 5) is 0.387. The van der Waals surface area contributed by atoms with Gasteiger partial charge in [0.1, 0.15) is 17.6 Å². The first kappa shape index (κ1) is 17.9. The molecule has 1 N–H and O–H groups in total. The van der Waals surface area contributed by atoms with Gasteiger partial charge < -0.3 is 9.47 Å². The van der Waals surface area contributed by atoms with E-state index in [0.29, 0.717) is 41.5 Å². The lowest BCUT2D eigenvalue weighted by Gasteiger charge is -2.19. The zero-order valence-corrected chi connectivity index (χ0v) is 16.3. The van der Waals surface area contributed by atoms with Gasteiger partial charge in [-0.05, 0) is 50.0 Å². The van der Waals surface area contributed by atoms with Crippen molar-refractivity contribution in [2.24, 2.45) is 0 Å². The standard InChI is InChI=1S/C21H23NO4S/c1-3-25-21-12-17-10-14(2)26-20(17)13-19(21)22-27(23,24)18-9-8-15-6-4-5-7-16(15)11-18/h4-7,11-14,22H,3,8-10H2,1-2H3. The second kappa shape index (κ2) is 6.93. The van der Waals surface area contributed by atoms with Crippen LogP contribution in [0.2, 0.25) is 0 Å². The van der Waals surface area contributed by atoms with E-state index in [9.17, 15) is 8.42 Å². The van der Waals surface area contributed by atoms with E-state index in [1.165, 1.54) is 5.56 Å². The molecule has 1 heterocycles. The molecule has 142 valence electrons. The molecule has 1 aliphatic carbocycles. The Kier molecular flexibility index (Phi) is 4.60. The van der Waals surface area contributed by atoms with Gasteiger partial charge in [0, 0.05) is 18.1 Å². The quantitative estimate of drug-likeness (QED) is 0.840. The molecule has 0 aromatic heterocycles. The predicted octanol–water partition coefficient (Wildman–Crippen LogP) is 4.14. The van der Waals surface area contributed by atoms with Crippen molar-refractivity contribution in [2.45, 2.75) is 39.2 Å². The van der Waals surface area contributed by atoms with Crippen molar-refractivity contribution >= 4 is 21.8 Å². The summed E-state index contributed by atoms with van der Waals surface area (Å²) in [6.45, 7) is 4.33. The van der Waals surface area contributed by atoms with Crippen LogP contribution in [-0.2, 0) is 22.9 Å². The van der Waals surface area contributed by atoms with Crippen LogP contribution < -0.4 is 14.2 Å². The Labute approximate surface area is 160 Å². The van der Waals surface area contributed by atoms with Crippen LogP contribution in [0.1, 0.15) is 37.0 Å². The summed E-state index contributed by atoms with van der Waals surface area (Å²) in [5, 5.41) is 0. The fourth-order valence-electron chi connectivity index (χ4n) is 3.62. The van der Waals surface area contributed by atoms with Crippen LogP contribution in [0.5, 0.6) is 11.5 Å². The summed E-state index contributed by atoms with van der Waals surface area (Å²) >= 11 is 0. The molecule has 1 atom stereocenters. The Hall–Kier alpha value is -2.47. The molecular formula is C21H23NO4S. The fourth-order valence-corrected chi connectivity index (χ4v) is 4.86. The largest absolute Gasteiger partial charge is 0.492 e. The average molecular weight is 385 g/mol. The zero-order valence-electron chi connectivity index (χ0n) is 15.5. The topological polar surface area (TPSA) is 64.6 Å². The van der Waals surface area contributed by atoms with Gasteiger partial charge in [0.2, 0.25) is 0 Å². The van der Waals surface area contributed by atoms with Gasteiger partial charge in [-0.2, -0.15) is 0 Å². The molecule has 2 aromatic carbocycles. The molecule has 2 aliphatic rings. The molecule has 1 aliphatic heterocycles. The van der Waals surface area contributed by atoms with Crippen molar-refractivity contribution in [1.29, 1.82) is 0 Å². The van der Waals surface area contributed by atoms with Crippen molar-refractivity contribution in [2.75, 3.05) is 11.3 Å². The molecule has 0 fully saturated rings. The van der Waals surface area contributed by atoms with Gasteiger partial charge in [0.05, 0.1) is 17.2 Å². The summed E-state index contributed by atoms with van der Waals surface area (Å²) in [6, 6.07) is 11.5. The van der Waals surface area contributed by atoms with Gasteiger partial charge >= 0.3 is 0 Å². The molecule has 0 saturated carbocycles. The third kappa shape index (κ3) is 3.54.